The van der Waals surface area contributed by atoms with E-state index in [1.807, 2.05) is 20.0 Å². The number of nitrogens with one attached hydrogen (secondary N) is 1. The van der Waals surface area contributed by atoms with Crippen LogP contribution >= 0.6 is 12.2 Å². The second kappa shape index (κ2) is 3.99. The molecule has 0 bridgehead atoms. The molecule has 1 aromatic rings. The summed E-state index contributed by atoms with van der Waals surface area (Å²) >= 11 is 4.61. The van der Waals surface area contributed by atoms with Crippen LogP contribution in [0.4, 0.5) is 0 Å². The molecule has 0 saturated carbocycles. The van der Waals surface area contributed by atoms with E-state index in [2.05, 4.69) is 27.8 Å². The molecule has 0 aliphatic carbocycles. The fourth-order valence-corrected chi connectivity index (χ4v) is 0.971. The van der Waals surface area contributed by atoms with Crippen molar-refractivity contribution in [2.75, 3.05) is 0 Å². The molecule has 5 nitrogen and oxygen atoms in total. The molecule has 0 amide bonds. The highest BCUT2D eigenvalue weighted by Crippen LogP contribution is 1.97. The maximum atomic E-state index is 5.22. The quantitative estimate of drug-likeness (QED) is 0.397. The number of rotatable bonds is 2. The molecule has 6 heteroatoms. The third-order valence-electron chi connectivity index (χ3n) is 1.53. The van der Waals surface area contributed by atoms with Crippen molar-refractivity contribution in [2.24, 2.45) is 17.9 Å². The summed E-state index contributed by atoms with van der Waals surface area (Å²) in [6.45, 7) is 1.85. The molecule has 1 heterocycles. The maximum absolute atomic E-state index is 5.22. The number of hydrazone groups is 1. The summed E-state index contributed by atoms with van der Waals surface area (Å²) < 4.78 is 1.72. The molecule has 70 valence electrons. The zero-order valence-electron chi connectivity index (χ0n) is 7.48. The molecule has 0 atom stereocenters. The highest BCUT2D eigenvalue weighted by molar-refractivity contribution is 7.80. The maximum Gasteiger partial charge on any atom is 0.184 e. The predicted octanol–water partition coefficient (Wildman–Crippen LogP) is -0.0227. The molecule has 1 aromatic heterocycles. The molecule has 0 aromatic carbocycles. The molecule has 0 unspecified atom stereocenters. The summed E-state index contributed by atoms with van der Waals surface area (Å²) in [4.78, 5) is 0. The highest BCUT2D eigenvalue weighted by atomic mass is 32.1. The monoisotopic (exact) mass is 197 g/mol. The minimum atomic E-state index is 0.154. The van der Waals surface area contributed by atoms with E-state index >= 15 is 0 Å². The molecule has 0 spiro atoms. The van der Waals surface area contributed by atoms with Crippen LogP contribution in [0.2, 0.25) is 0 Å². The Kier molecular flexibility index (Phi) is 2.97. The van der Waals surface area contributed by atoms with Gasteiger partial charge in [-0.25, -0.2) is 0 Å². The van der Waals surface area contributed by atoms with Crippen LogP contribution in [0, 0.1) is 0 Å². The molecule has 0 radical (unpaired) electrons. The van der Waals surface area contributed by atoms with Gasteiger partial charge in [-0.05, 0) is 25.2 Å². The minimum Gasteiger partial charge on any atom is -0.375 e. The van der Waals surface area contributed by atoms with Gasteiger partial charge in [0.05, 0.1) is 11.4 Å². The normalized spacial score (nSPS) is 11.4. The second-order valence-electron chi connectivity index (χ2n) is 2.51. The molecule has 0 fully saturated rings. The third kappa shape index (κ3) is 2.51. The summed E-state index contributed by atoms with van der Waals surface area (Å²) in [6.07, 6.45) is 1.70. The Hall–Kier alpha value is -1.43. The molecule has 0 aliphatic heterocycles. The number of hydrogen-bond acceptors (Lipinski definition) is 3. The van der Waals surface area contributed by atoms with Gasteiger partial charge >= 0.3 is 0 Å². The Morgan fingerprint density at radius 2 is 2.46 bits per heavy atom. The van der Waals surface area contributed by atoms with E-state index in [9.17, 15) is 0 Å². The highest BCUT2D eigenvalue weighted by Gasteiger charge is 2.01. The van der Waals surface area contributed by atoms with E-state index in [0.29, 0.717) is 0 Å². The largest absolute Gasteiger partial charge is 0.375 e. The van der Waals surface area contributed by atoms with E-state index in [-0.39, 0.29) is 5.11 Å². The molecule has 3 N–H and O–H groups in total. The zero-order chi connectivity index (χ0) is 9.84. The lowest BCUT2D eigenvalue weighted by atomic mass is 10.3. The van der Waals surface area contributed by atoms with Crippen molar-refractivity contribution >= 4 is 23.0 Å². The van der Waals surface area contributed by atoms with Crippen molar-refractivity contribution in [3.8, 4) is 0 Å². The van der Waals surface area contributed by atoms with Gasteiger partial charge in [-0.1, -0.05) is 0 Å². The number of hydrogen-bond donors (Lipinski definition) is 2. The summed E-state index contributed by atoms with van der Waals surface area (Å²) in [5.74, 6) is 0. The van der Waals surface area contributed by atoms with Crippen LogP contribution in [0.5, 0.6) is 0 Å². The lowest BCUT2D eigenvalue weighted by Gasteiger charge is -2.01. The predicted molar refractivity (Wildman–Crippen MR) is 55.3 cm³/mol. The van der Waals surface area contributed by atoms with Crippen LogP contribution in [-0.4, -0.2) is 20.6 Å². The van der Waals surface area contributed by atoms with Gasteiger partial charge in [-0.15, -0.1) is 0 Å². The topological polar surface area (TPSA) is 68.2 Å². The van der Waals surface area contributed by atoms with E-state index in [4.69, 9.17) is 5.73 Å². The summed E-state index contributed by atoms with van der Waals surface area (Å²) in [6, 6.07) is 1.86. The fraction of sp³-hybridized carbons (Fsp3) is 0.286. The van der Waals surface area contributed by atoms with Crippen LogP contribution in [0.25, 0.3) is 0 Å². The molecule has 13 heavy (non-hydrogen) atoms. The first-order valence-electron chi connectivity index (χ1n) is 3.69. The summed E-state index contributed by atoms with van der Waals surface area (Å²) in [7, 11) is 1.84. The molecular weight excluding hydrogens is 186 g/mol. The lowest BCUT2D eigenvalue weighted by Crippen LogP contribution is -2.25. The fourth-order valence-electron chi connectivity index (χ4n) is 0.925. The van der Waals surface area contributed by atoms with Crippen LogP contribution in [0.15, 0.2) is 17.4 Å². The summed E-state index contributed by atoms with van der Waals surface area (Å²) in [5.41, 5.74) is 9.44. The summed E-state index contributed by atoms with van der Waals surface area (Å²) in [5, 5.41) is 8.13. The Bertz CT molecular complexity index is 340. The van der Waals surface area contributed by atoms with Crippen molar-refractivity contribution < 1.29 is 0 Å². The first-order chi connectivity index (χ1) is 6.11. The molecular formula is C7H11N5S. The average Bonchev–Trinajstić information content (AvgIpc) is 2.47. The Morgan fingerprint density at radius 1 is 1.77 bits per heavy atom. The van der Waals surface area contributed by atoms with Gasteiger partial charge in [0.25, 0.3) is 0 Å². The third-order valence-corrected chi connectivity index (χ3v) is 1.62. The molecule has 0 saturated heterocycles. The van der Waals surface area contributed by atoms with Crippen LogP contribution < -0.4 is 11.2 Å². The van der Waals surface area contributed by atoms with E-state index in [1.165, 1.54) is 0 Å². The smallest absolute Gasteiger partial charge is 0.184 e. The molecule has 1 rings (SSSR count). The van der Waals surface area contributed by atoms with Crippen molar-refractivity contribution in [3.05, 3.63) is 18.0 Å². The average molecular weight is 197 g/mol. The lowest BCUT2D eigenvalue weighted by molar-refractivity contribution is 0.758. The van der Waals surface area contributed by atoms with Gasteiger partial charge in [-0.2, -0.15) is 10.2 Å². The zero-order valence-corrected chi connectivity index (χ0v) is 8.30. The number of aromatic nitrogens is 2. The van der Waals surface area contributed by atoms with E-state index < -0.39 is 0 Å². The first kappa shape index (κ1) is 9.66. The second-order valence-corrected chi connectivity index (χ2v) is 2.95. The van der Waals surface area contributed by atoms with Gasteiger partial charge in [0.2, 0.25) is 0 Å². The number of nitrogens with two attached hydrogens (primary N) is 1. The van der Waals surface area contributed by atoms with Crippen molar-refractivity contribution in [3.63, 3.8) is 0 Å². The van der Waals surface area contributed by atoms with Gasteiger partial charge in [0.15, 0.2) is 5.11 Å². The number of aryl methyl sites for hydroxylation is 1. The number of thiocarbonyl (C=S) groups is 1. The van der Waals surface area contributed by atoms with E-state index in [0.717, 1.165) is 11.4 Å². The Balaban J connectivity index is 2.78. The van der Waals surface area contributed by atoms with Crippen molar-refractivity contribution in [1.82, 2.24) is 15.2 Å². The van der Waals surface area contributed by atoms with Crippen molar-refractivity contribution in [2.45, 2.75) is 6.92 Å². The molecule has 0 aliphatic rings. The Labute approximate surface area is 81.6 Å². The van der Waals surface area contributed by atoms with Gasteiger partial charge in [0, 0.05) is 13.2 Å². The Morgan fingerprint density at radius 3 is 2.92 bits per heavy atom. The van der Waals surface area contributed by atoms with E-state index in [1.54, 1.807) is 10.9 Å². The van der Waals surface area contributed by atoms with Crippen LogP contribution in [0.3, 0.4) is 0 Å². The van der Waals surface area contributed by atoms with Gasteiger partial charge in [0.1, 0.15) is 0 Å². The van der Waals surface area contributed by atoms with Crippen LogP contribution in [0.1, 0.15) is 12.6 Å². The first-order valence-corrected chi connectivity index (χ1v) is 4.10. The minimum absolute atomic E-state index is 0.154. The van der Waals surface area contributed by atoms with Crippen molar-refractivity contribution in [1.29, 1.82) is 0 Å². The SMILES string of the molecule is CC(=NNC(N)=S)c1ccnn1C. The van der Waals surface area contributed by atoms with Gasteiger partial charge in [-0.3, -0.25) is 10.1 Å². The number of nitrogens with zero attached hydrogens (tertiary/aromatic N) is 3. The van der Waals surface area contributed by atoms with Crippen LogP contribution in [-0.2, 0) is 7.05 Å². The standard InChI is InChI=1S/C7H11N5S/c1-5(10-11-7(8)13)6-3-4-9-12(6)2/h3-4H,1-2H3,(H3,8,11,13). The van der Waals surface area contributed by atoms with Gasteiger partial charge < -0.3 is 5.73 Å².